The Morgan fingerprint density at radius 3 is 2.58 bits per heavy atom. The molecule has 138 valence electrons. The lowest BCUT2D eigenvalue weighted by Crippen LogP contribution is -2.50. The second-order valence-corrected chi connectivity index (χ2v) is 7.18. The molecule has 2 heterocycles. The highest BCUT2D eigenvalue weighted by Gasteiger charge is 2.22. The van der Waals surface area contributed by atoms with Crippen LogP contribution in [0.3, 0.4) is 0 Å². The Labute approximate surface area is 156 Å². The van der Waals surface area contributed by atoms with Gasteiger partial charge in [0.2, 0.25) is 5.91 Å². The van der Waals surface area contributed by atoms with E-state index in [1.807, 2.05) is 30.3 Å². The quantitative estimate of drug-likeness (QED) is 0.799. The van der Waals surface area contributed by atoms with Crippen LogP contribution in [-0.4, -0.2) is 65.4 Å². The van der Waals surface area contributed by atoms with Gasteiger partial charge in [0, 0.05) is 51.7 Å². The number of hydrogen-bond acceptors (Lipinski definition) is 4. The monoisotopic (exact) mass is 352 g/mol. The molecular weight excluding hydrogens is 324 g/mol. The third kappa shape index (κ3) is 5.38. The SMILES string of the molecule is Cc1cccc(CN2CCN(C(=O)CN(C)Cc3cccnc3)CC2)c1. The molecule has 5 nitrogen and oxygen atoms in total. The Hall–Kier alpha value is -2.24. The predicted octanol–water partition coefficient (Wildman–Crippen LogP) is 2.17. The predicted molar refractivity (Wildman–Crippen MR) is 104 cm³/mol. The highest BCUT2D eigenvalue weighted by molar-refractivity contribution is 5.78. The van der Waals surface area contributed by atoms with Crippen LogP contribution in [0.5, 0.6) is 0 Å². The zero-order valence-corrected chi connectivity index (χ0v) is 15.8. The van der Waals surface area contributed by atoms with E-state index in [0.29, 0.717) is 6.54 Å². The first-order chi connectivity index (χ1) is 12.6. The number of aryl methyl sites for hydroxylation is 1. The van der Waals surface area contributed by atoms with Crippen LogP contribution in [0, 0.1) is 6.92 Å². The summed E-state index contributed by atoms with van der Waals surface area (Å²) >= 11 is 0. The molecule has 1 amide bonds. The van der Waals surface area contributed by atoms with Crippen LogP contribution in [0.25, 0.3) is 0 Å². The van der Waals surface area contributed by atoms with Crippen molar-refractivity contribution in [1.82, 2.24) is 19.7 Å². The maximum absolute atomic E-state index is 12.6. The van der Waals surface area contributed by atoms with Crippen molar-refractivity contribution in [3.63, 3.8) is 0 Å². The van der Waals surface area contributed by atoms with Gasteiger partial charge in [0.25, 0.3) is 0 Å². The van der Waals surface area contributed by atoms with E-state index < -0.39 is 0 Å². The molecule has 0 unspecified atom stereocenters. The minimum Gasteiger partial charge on any atom is -0.339 e. The first kappa shape index (κ1) is 18.5. The zero-order valence-electron chi connectivity index (χ0n) is 15.8. The number of likely N-dealkylation sites (N-methyl/N-ethyl adjacent to an activating group) is 1. The van der Waals surface area contributed by atoms with Gasteiger partial charge >= 0.3 is 0 Å². The third-order valence-electron chi connectivity index (χ3n) is 4.79. The van der Waals surface area contributed by atoms with Crippen molar-refractivity contribution < 1.29 is 4.79 Å². The van der Waals surface area contributed by atoms with Crippen molar-refractivity contribution in [3.05, 3.63) is 65.5 Å². The molecule has 0 saturated carbocycles. The van der Waals surface area contributed by atoms with E-state index in [4.69, 9.17) is 0 Å². The summed E-state index contributed by atoms with van der Waals surface area (Å²) in [7, 11) is 1.99. The summed E-state index contributed by atoms with van der Waals surface area (Å²) in [5.74, 6) is 0.214. The number of rotatable bonds is 6. The fourth-order valence-corrected chi connectivity index (χ4v) is 3.41. The summed E-state index contributed by atoms with van der Waals surface area (Å²) < 4.78 is 0. The summed E-state index contributed by atoms with van der Waals surface area (Å²) in [6.07, 6.45) is 3.62. The molecule has 0 N–H and O–H groups in total. The van der Waals surface area contributed by atoms with E-state index >= 15 is 0 Å². The van der Waals surface area contributed by atoms with Crippen LogP contribution < -0.4 is 0 Å². The summed E-state index contributed by atoms with van der Waals surface area (Å²) in [5.41, 5.74) is 3.78. The van der Waals surface area contributed by atoms with Crippen LogP contribution in [0.15, 0.2) is 48.8 Å². The number of nitrogens with zero attached hydrogens (tertiary/aromatic N) is 4. The average molecular weight is 352 g/mol. The van der Waals surface area contributed by atoms with Crippen molar-refractivity contribution in [2.75, 3.05) is 39.8 Å². The van der Waals surface area contributed by atoms with Gasteiger partial charge in [-0.1, -0.05) is 35.9 Å². The normalized spacial score (nSPS) is 15.4. The first-order valence-electron chi connectivity index (χ1n) is 9.23. The van der Waals surface area contributed by atoms with Crippen molar-refractivity contribution >= 4 is 5.91 Å². The van der Waals surface area contributed by atoms with Gasteiger partial charge in [-0.15, -0.1) is 0 Å². The van der Waals surface area contributed by atoms with E-state index in [1.165, 1.54) is 11.1 Å². The minimum atomic E-state index is 0.214. The minimum absolute atomic E-state index is 0.214. The van der Waals surface area contributed by atoms with Crippen molar-refractivity contribution in [1.29, 1.82) is 0 Å². The molecular formula is C21H28N4O. The highest BCUT2D eigenvalue weighted by Crippen LogP contribution is 2.11. The topological polar surface area (TPSA) is 39.7 Å². The molecule has 1 aromatic carbocycles. The van der Waals surface area contributed by atoms with Gasteiger partial charge < -0.3 is 4.90 Å². The van der Waals surface area contributed by atoms with Gasteiger partial charge in [0.15, 0.2) is 0 Å². The molecule has 0 radical (unpaired) electrons. The van der Waals surface area contributed by atoms with E-state index in [1.54, 1.807) is 6.20 Å². The molecule has 0 spiro atoms. The first-order valence-corrected chi connectivity index (χ1v) is 9.23. The van der Waals surface area contributed by atoms with E-state index in [-0.39, 0.29) is 5.91 Å². The Kier molecular flexibility index (Phi) is 6.36. The van der Waals surface area contributed by atoms with Gasteiger partial charge in [-0.2, -0.15) is 0 Å². The maximum Gasteiger partial charge on any atom is 0.236 e. The van der Waals surface area contributed by atoms with Crippen LogP contribution in [0.4, 0.5) is 0 Å². The standard InChI is InChI=1S/C21H28N4O/c1-18-5-3-6-19(13-18)16-24-9-11-25(12-10-24)21(26)17-23(2)15-20-7-4-8-22-14-20/h3-8,13-14H,9-12,15-17H2,1-2H3. The molecule has 2 aromatic rings. The van der Waals surface area contributed by atoms with E-state index in [9.17, 15) is 4.79 Å². The number of aromatic nitrogens is 1. The second-order valence-electron chi connectivity index (χ2n) is 7.18. The largest absolute Gasteiger partial charge is 0.339 e. The third-order valence-corrected chi connectivity index (χ3v) is 4.79. The van der Waals surface area contributed by atoms with Crippen LogP contribution in [-0.2, 0) is 17.9 Å². The van der Waals surface area contributed by atoms with Gasteiger partial charge in [-0.05, 0) is 31.2 Å². The van der Waals surface area contributed by atoms with Crippen LogP contribution in [0.2, 0.25) is 0 Å². The number of carbonyl (C=O) groups excluding carboxylic acids is 1. The highest BCUT2D eigenvalue weighted by atomic mass is 16.2. The zero-order chi connectivity index (χ0) is 18.4. The van der Waals surface area contributed by atoms with Gasteiger partial charge in [0.05, 0.1) is 6.54 Å². The molecule has 1 aliphatic rings. The summed E-state index contributed by atoms with van der Waals surface area (Å²) in [6, 6.07) is 12.6. The molecule has 0 atom stereocenters. The van der Waals surface area contributed by atoms with Gasteiger partial charge in [-0.3, -0.25) is 19.6 Å². The van der Waals surface area contributed by atoms with Crippen molar-refractivity contribution in [2.24, 2.45) is 0 Å². The molecule has 0 bridgehead atoms. The number of pyridine rings is 1. The molecule has 1 aromatic heterocycles. The molecule has 0 aliphatic carbocycles. The number of benzene rings is 1. The van der Waals surface area contributed by atoms with Gasteiger partial charge in [0.1, 0.15) is 0 Å². The van der Waals surface area contributed by atoms with Crippen molar-refractivity contribution in [3.8, 4) is 0 Å². The fraction of sp³-hybridized carbons (Fsp3) is 0.429. The summed E-state index contributed by atoms with van der Waals surface area (Å²) in [4.78, 5) is 23.2. The second kappa shape index (κ2) is 8.92. The Morgan fingerprint density at radius 2 is 1.88 bits per heavy atom. The van der Waals surface area contributed by atoms with Crippen LogP contribution >= 0.6 is 0 Å². The summed E-state index contributed by atoms with van der Waals surface area (Å²) in [6.45, 7) is 7.78. The number of amides is 1. The molecule has 5 heteroatoms. The molecule has 1 saturated heterocycles. The number of hydrogen-bond donors (Lipinski definition) is 0. The molecule has 1 aliphatic heterocycles. The number of piperazine rings is 1. The lowest BCUT2D eigenvalue weighted by atomic mass is 10.1. The fourth-order valence-electron chi connectivity index (χ4n) is 3.41. The van der Waals surface area contributed by atoms with Crippen LogP contribution in [0.1, 0.15) is 16.7 Å². The molecule has 3 rings (SSSR count). The Morgan fingerprint density at radius 1 is 1.12 bits per heavy atom. The van der Waals surface area contributed by atoms with Gasteiger partial charge in [-0.25, -0.2) is 0 Å². The molecule has 26 heavy (non-hydrogen) atoms. The molecule has 1 fully saturated rings. The smallest absolute Gasteiger partial charge is 0.236 e. The number of carbonyl (C=O) groups is 1. The lowest BCUT2D eigenvalue weighted by Gasteiger charge is -2.35. The van der Waals surface area contributed by atoms with E-state index in [0.717, 1.165) is 44.8 Å². The maximum atomic E-state index is 12.6. The summed E-state index contributed by atoms with van der Waals surface area (Å²) in [5, 5.41) is 0. The van der Waals surface area contributed by atoms with E-state index in [2.05, 4.69) is 46.0 Å². The average Bonchev–Trinajstić information content (AvgIpc) is 2.63. The van der Waals surface area contributed by atoms with Crippen molar-refractivity contribution in [2.45, 2.75) is 20.0 Å². The lowest BCUT2D eigenvalue weighted by molar-refractivity contribution is -0.134. The Bertz CT molecular complexity index is 711. The Balaban J connectivity index is 1.43.